The minimum absolute atomic E-state index is 0.653. The molecule has 0 unspecified atom stereocenters. The van der Waals surface area contributed by atoms with Gasteiger partial charge in [-0.05, 0) is 24.3 Å². The Hall–Kier alpha value is -4.40. The summed E-state index contributed by atoms with van der Waals surface area (Å²) in [5, 5.41) is 15.1. The van der Waals surface area contributed by atoms with Crippen LogP contribution >= 0.6 is 0 Å². The van der Waals surface area contributed by atoms with Gasteiger partial charge in [-0.2, -0.15) is 10.2 Å². The summed E-state index contributed by atoms with van der Waals surface area (Å²) in [7, 11) is 0. The van der Waals surface area contributed by atoms with Crippen molar-refractivity contribution < 1.29 is 0 Å². The SMILES string of the molecule is c1cc(-c2nccc3[nH]c(-c4n[nH]c5ncc(-c6cn[nH]c6)cc45)nc23)ccn1. The number of nitrogens with one attached hydrogen (secondary N) is 3. The number of aromatic nitrogens is 9. The van der Waals surface area contributed by atoms with Crippen LogP contribution in [0.1, 0.15) is 0 Å². The first-order chi connectivity index (χ1) is 14.4. The molecule has 0 saturated heterocycles. The fourth-order valence-corrected chi connectivity index (χ4v) is 3.42. The molecule has 0 atom stereocenters. The Morgan fingerprint density at radius 2 is 1.76 bits per heavy atom. The van der Waals surface area contributed by atoms with Crippen LogP contribution in [0.3, 0.4) is 0 Å². The van der Waals surface area contributed by atoms with Crippen molar-refractivity contribution in [3.05, 3.63) is 61.4 Å². The number of hydrogen-bond donors (Lipinski definition) is 3. The van der Waals surface area contributed by atoms with Crippen LogP contribution in [0.25, 0.3) is 56.0 Å². The van der Waals surface area contributed by atoms with Crippen molar-refractivity contribution in [2.24, 2.45) is 0 Å². The molecule has 0 aliphatic heterocycles. The maximum absolute atomic E-state index is 4.81. The van der Waals surface area contributed by atoms with Crippen LogP contribution in [0.4, 0.5) is 0 Å². The van der Waals surface area contributed by atoms with Gasteiger partial charge in [-0.3, -0.25) is 20.2 Å². The van der Waals surface area contributed by atoms with Crippen molar-refractivity contribution >= 4 is 22.1 Å². The zero-order valence-corrected chi connectivity index (χ0v) is 15.0. The van der Waals surface area contributed by atoms with E-state index in [4.69, 9.17) is 4.98 Å². The van der Waals surface area contributed by atoms with Gasteiger partial charge in [0, 0.05) is 47.7 Å². The summed E-state index contributed by atoms with van der Waals surface area (Å²) in [5.74, 6) is 0.653. The Bertz CT molecular complexity index is 1450. The van der Waals surface area contributed by atoms with Gasteiger partial charge in [-0.25, -0.2) is 9.97 Å². The number of aromatic amines is 3. The average Bonchev–Trinajstić information content (AvgIpc) is 3.52. The third kappa shape index (κ3) is 2.48. The predicted octanol–water partition coefficient (Wildman–Crippen LogP) is 3.35. The summed E-state index contributed by atoms with van der Waals surface area (Å²) in [5.41, 5.74) is 6.73. The summed E-state index contributed by atoms with van der Waals surface area (Å²) < 4.78 is 0. The van der Waals surface area contributed by atoms with Gasteiger partial charge >= 0.3 is 0 Å². The van der Waals surface area contributed by atoms with Crippen LogP contribution in [-0.2, 0) is 0 Å². The van der Waals surface area contributed by atoms with E-state index in [2.05, 4.69) is 40.3 Å². The number of rotatable bonds is 3. The van der Waals surface area contributed by atoms with E-state index in [0.29, 0.717) is 17.2 Å². The molecule has 0 aliphatic carbocycles. The lowest BCUT2D eigenvalue weighted by atomic mass is 10.1. The van der Waals surface area contributed by atoms with Crippen molar-refractivity contribution in [3.8, 4) is 33.9 Å². The Morgan fingerprint density at radius 1 is 0.828 bits per heavy atom. The molecule has 3 N–H and O–H groups in total. The van der Waals surface area contributed by atoms with E-state index in [1.807, 2.05) is 30.5 Å². The van der Waals surface area contributed by atoms with Gasteiger partial charge in [-0.1, -0.05) is 0 Å². The molecule has 6 rings (SSSR count). The lowest BCUT2D eigenvalue weighted by Gasteiger charge is -2.00. The fourth-order valence-electron chi connectivity index (χ4n) is 3.42. The molecule has 6 aromatic rings. The zero-order chi connectivity index (χ0) is 19.2. The Balaban J connectivity index is 1.54. The second kappa shape index (κ2) is 6.06. The van der Waals surface area contributed by atoms with Crippen LogP contribution in [0.15, 0.2) is 61.4 Å². The molecule has 6 aromatic heterocycles. The molecule has 138 valence electrons. The summed E-state index contributed by atoms with van der Waals surface area (Å²) in [6.07, 6.45) is 10.6. The highest BCUT2D eigenvalue weighted by Crippen LogP contribution is 2.31. The Labute approximate surface area is 163 Å². The quantitative estimate of drug-likeness (QED) is 0.433. The topological polar surface area (TPSA) is 125 Å². The molecule has 0 saturated carbocycles. The zero-order valence-electron chi connectivity index (χ0n) is 15.0. The lowest BCUT2D eigenvalue weighted by molar-refractivity contribution is 1.09. The molecule has 0 radical (unpaired) electrons. The number of nitrogens with zero attached hydrogens (tertiary/aromatic N) is 6. The maximum Gasteiger partial charge on any atom is 0.159 e. The van der Waals surface area contributed by atoms with E-state index in [0.717, 1.165) is 38.8 Å². The molecule has 6 heterocycles. The normalized spacial score (nSPS) is 11.4. The number of fused-ring (bicyclic) bond motifs is 2. The number of hydrogen-bond acceptors (Lipinski definition) is 6. The first-order valence-electron chi connectivity index (χ1n) is 8.95. The van der Waals surface area contributed by atoms with Crippen molar-refractivity contribution in [2.75, 3.05) is 0 Å². The van der Waals surface area contributed by atoms with Crippen LogP contribution in [0.5, 0.6) is 0 Å². The second-order valence-corrected chi connectivity index (χ2v) is 6.56. The van der Waals surface area contributed by atoms with Crippen LogP contribution < -0.4 is 0 Å². The number of imidazole rings is 1. The Morgan fingerprint density at radius 3 is 2.62 bits per heavy atom. The van der Waals surface area contributed by atoms with E-state index in [-0.39, 0.29) is 0 Å². The number of H-pyrrole nitrogens is 3. The van der Waals surface area contributed by atoms with E-state index in [1.165, 1.54) is 0 Å². The Kier molecular flexibility index (Phi) is 3.27. The molecular formula is C20H13N9. The first kappa shape index (κ1) is 15.6. The third-order valence-corrected chi connectivity index (χ3v) is 4.83. The lowest BCUT2D eigenvalue weighted by Crippen LogP contribution is -1.86. The van der Waals surface area contributed by atoms with Crippen LogP contribution in [-0.4, -0.2) is 45.3 Å². The highest BCUT2D eigenvalue weighted by atomic mass is 15.2. The van der Waals surface area contributed by atoms with Crippen LogP contribution in [0, 0.1) is 0 Å². The van der Waals surface area contributed by atoms with Gasteiger partial charge in [0.2, 0.25) is 0 Å². The van der Waals surface area contributed by atoms with Gasteiger partial charge in [0.15, 0.2) is 11.5 Å². The van der Waals surface area contributed by atoms with Gasteiger partial charge in [0.05, 0.1) is 22.8 Å². The van der Waals surface area contributed by atoms with E-state index < -0.39 is 0 Å². The van der Waals surface area contributed by atoms with Gasteiger partial charge in [-0.15, -0.1) is 0 Å². The summed E-state index contributed by atoms with van der Waals surface area (Å²) in [6.45, 7) is 0. The van der Waals surface area contributed by atoms with E-state index in [9.17, 15) is 0 Å². The van der Waals surface area contributed by atoms with Crippen molar-refractivity contribution in [3.63, 3.8) is 0 Å². The predicted molar refractivity (Wildman–Crippen MR) is 108 cm³/mol. The fraction of sp³-hybridized carbons (Fsp3) is 0. The smallest absolute Gasteiger partial charge is 0.159 e. The standard InChI is InChI=1S/C20H13N9/c1-4-21-5-2-11(1)16-18-15(3-6-22-16)26-20(27-18)17-14-7-12(13-9-24-25-10-13)8-23-19(14)29-28-17/h1-10H,(H,24,25)(H,26,27)(H,23,28,29). The monoisotopic (exact) mass is 379 g/mol. The molecular weight excluding hydrogens is 366 g/mol. The molecule has 0 fully saturated rings. The first-order valence-corrected chi connectivity index (χ1v) is 8.95. The molecule has 9 nitrogen and oxygen atoms in total. The average molecular weight is 379 g/mol. The van der Waals surface area contributed by atoms with E-state index >= 15 is 0 Å². The molecule has 0 spiro atoms. The highest BCUT2D eigenvalue weighted by molar-refractivity contribution is 5.96. The van der Waals surface area contributed by atoms with E-state index in [1.54, 1.807) is 31.0 Å². The maximum atomic E-state index is 4.81. The van der Waals surface area contributed by atoms with Crippen molar-refractivity contribution in [1.29, 1.82) is 0 Å². The number of pyridine rings is 3. The molecule has 9 heteroatoms. The largest absolute Gasteiger partial charge is 0.336 e. The van der Waals surface area contributed by atoms with Gasteiger partial charge in [0.25, 0.3) is 0 Å². The minimum Gasteiger partial charge on any atom is -0.336 e. The minimum atomic E-state index is 0.653. The third-order valence-electron chi connectivity index (χ3n) is 4.83. The van der Waals surface area contributed by atoms with Crippen molar-refractivity contribution in [1.82, 2.24) is 45.3 Å². The summed E-state index contributed by atoms with van der Waals surface area (Å²) in [6, 6.07) is 7.77. The van der Waals surface area contributed by atoms with Gasteiger partial charge < -0.3 is 4.98 Å². The summed E-state index contributed by atoms with van der Waals surface area (Å²) >= 11 is 0. The van der Waals surface area contributed by atoms with Crippen LogP contribution in [0.2, 0.25) is 0 Å². The molecule has 0 aromatic carbocycles. The molecule has 0 amide bonds. The molecule has 0 bridgehead atoms. The highest BCUT2D eigenvalue weighted by Gasteiger charge is 2.17. The van der Waals surface area contributed by atoms with Crippen molar-refractivity contribution in [2.45, 2.75) is 0 Å². The molecule has 0 aliphatic rings. The van der Waals surface area contributed by atoms with Gasteiger partial charge in [0.1, 0.15) is 11.2 Å². The molecule has 29 heavy (non-hydrogen) atoms. The second-order valence-electron chi connectivity index (χ2n) is 6.56. The summed E-state index contributed by atoms with van der Waals surface area (Å²) in [4.78, 5) is 21.2.